The maximum absolute atomic E-state index is 13.2. The number of hydrogen-bond acceptors (Lipinski definition) is 3. The van der Waals surface area contributed by atoms with Crippen molar-refractivity contribution in [3.05, 3.63) is 63.7 Å². The fraction of sp³-hybridized carbons (Fsp3) is 0.0588. The number of carbonyl (C=O) groups is 1. The monoisotopic (exact) mass is 359 g/mol. The first kappa shape index (κ1) is 16.2. The van der Waals surface area contributed by atoms with Crippen LogP contribution in [-0.2, 0) is 6.54 Å². The first-order chi connectivity index (χ1) is 11.5. The molecule has 1 heterocycles. The first-order valence-electron chi connectivity index (χ1n) is 6.97. The van der Waals surface area contributed by atoms with Gasteiger partial charge in [0.1, 0.15) is 11.9 Å². The van der Waals surface area contributed by atoms with E-state index in [0.717, 1.165) is 15.0 Å². The Hall–Kier alpha value is -2.62. The fourth-order valence-corrected chi connectivity index (χ4v) is 3.39. The maximum atomic E-state index is 13.2. The maximum Gasteiger partial charge on any atom is 0.319 e. The predicted molar refractivity (Wildman–Crippen MR) is 93.8 cm³/mol. The molecule has 0 aliphatic carbocycles. The lowest BCUT2D eigenvalue weighted by Gasteiger charge is -2.07. The molecule has 24 heavy (non-hydrogen) atoms. The molecule has 7 heteroatoms. The second kappa shape index (κ2) is 6.87. The molecule has 0 aliphatic heterocycles. The fourth-order valence-electron chi connectivity index (χ4n) is 2.18. The summed E-state index contributed by atoms with van der Waals surface area (Å²) in [7, 11) is 0. The summed E-state index contributed by atoms with van der Waals surface area (Å²) in [6.45, 7) is 0.330. The number of fused-ring (bicyclic) bond motifs is 1. The minimum absolute atomic E-state index is 0.279. The van der Waals surface area contributed by atoms with Crippen LogP contribution in [0.15, 0.2) is 42.5 Å². The molecular weight excluding hydrogens is 349 g/mol. The van der Waals surface area contributed by atoms with E-state index < -0.39 is 0 Å². The minimum atomic E-state index is -0.389. The van der Waals surface area contributed by atoms with Crippen molar-refractivity contribution in [1.82, 2.24) is 5.32 Å². The van der Waals surface area contributed by atoms with E-state index in [9.17, 15) is 9.18 Å². The quantitative estimate of drug-likeness (QED) is 0.699. The standard InChI is InChI=1S/C17H11ClFN3OS/c18-15-7-13(3-1-10(15)8-20)22-17(23)21-9-14-6-11-5-12(19)2-4-16(11)24-14/h1-7H,9H2,(H2,21,22,23). The largest absolute Gasteiger partial charge is 0.333 e. The molecule has 4 nitrogen and oxygen atoms in total. The molecule has 1 aromatic heterocycles. The van der Waals surface area contributed by atoms with Gasteiger partial charge in [0.05, 0.1) is 17.1 Å². The Morgan fingerprint density at radius 3 is 2.83 bits per heavy atom. The molecule has 0 saturated heterocycles. The van der Waals surface area contributed by atoms with E-state index in [4.69, 9.17) is 16.9 Å². The number of amides is 2. The van der Waals surface area contributed by atoms with Crippen molar-refractivity contribution >= 4 is 44.7 Å². The van der Waals surface area contributed by atoms with Crippen molar-refractivity contribution in [1.29, 1.82) is 5.26 Å². The van der Waals surface area contributed by atoms with Gasteiger partial charge in [0.25, 0.3) is 0 Å². The topological polar surface area (TPSA) is 64.9 Å². The third kappa shape index (κ3) is 3.65. The van der Waals surface area contributed by atoms with Gasteiger partial charge in [-0.15, -0.1) is 11.3 Å². The number of benzene rings is 2. The zero-order valence-electron chi connectivity index (χ0n) is 12.3. The Bertz CT molecular complexity index is 964. The third-order valence-electron chi connectivity index (χ3n) is 3.30. The number of anilines is 1. The molecule has 0 atom stereocenters. The summed E-state index contributed by atoms with van der Waals surface area (Å²) in [5.41, 5.74) is 0.843. The summed E-state index contributed by atoms with van der Waals surface area (Å²) in [4.78, 5) is 12.9. The molecule has 3 aromatic rings. The number of nitrogens with zero attached hydrogens (tertiary/aromatic N) is 1. The van der Waals surface area contributed by atoms with Crippen LogP contribution in [0.1, 0.15) is 10.4 Å². The Morgan fingerprint density at radius 1 is 1.25 bits per heavy atom. The second-order valence-electron chi connectivity index (χ2n) is 5.01. The number of hydrogen-bond donors (Lipinski definition) is 2. The van der Waals surface area contributed by atoms with Gasteiger partial charge in [-0.3, -0.25) is 0 Å². The number of halogens is 2. The lowest BCUT2D eigenvalue weighted by molar-refractivity contribution is 0.252. The average molecular weight is 360 g/mol. The van der Waals surface area contributed by atoms with E-state index in [0.29, 0.717) is 17.8 Å². The van der Waals surface area contributed by atoms with Gasteiger partial charge in [-0.2, -0.15) is 5.26 Å². The van der Waals surface area contributed by atoms with Crippen LogP contribution in [0.3, 0.4) is 0 Å². The molecule has 3 rings (SSSR count). The van der Waals surface area contributed by atoms with Crippen LogP contribution < -0.4 is 10.6 Å². The van der Waals surface area contributed by atoms with Gasteiger partial charge in [-0.25, -0.2) is 9.18 Å². The van der Waals surface area contributed by atoms with Gasteiger partial charge in [-0.05, 0) is 47.9 Å². The second-order valence-corrected chi connectivity index (χ2v) is 6.58. The Balaban J connectivity index is 1.62. The Labute approximate surface area is 146 Å². The number of nitriles is 1. The summed E-state index contributed by atoms with van der Waals surface area (Å²) in [6, 6.07) is 12.7. The van der Waals surface area contributed by atoms with Crippen LogP contribution in [-0.4, -0.2) is 6.03 Å². The highest BCUT2D eigenvalue weighted by Crippen LogP contribution is 2.26. The number of thiophene rings is 1. The van der Waals surface area contributed by atoms with Crippen molar-refractivity contribution in [3.63, 3.8) is 0 Å². The van der Waals surface area contributed by atoms with E-state index in [-0.39, 0.29) is 16.9 Å². The van der Waals surface area contributed by atoms with E-state index in [1.807, 2.05) is 12.1 Å². The zero-order valence-corrected chi connectivity index (χ0v) is 13.8. The number of carbonyl (C=O) groups excluding carboxylic acids is 1. The molecular formula is C17H11ClFN3OS. The normalized spacial score (nSPS) is 10.4. The Morgan fingerprint density at radius 2 is 2.08 bits per heavy atom. The predicted octanol–water partition coefficient (Wildman–Crippen LogP) is 4.89. The molecule has 0 unspecified atom stereocenters. The highest BCUT2D eigenvalue weighted by Gasteiger charge is 2.07. The average Bonchev–Trinajstić information content (AvgIpc) is 2.95. The summed E-state index contributed by atoms with van der Waals surface area (Å²) in [5.74, 6) is -0.282. The van der Waals surface area contributed by atoms with Crippen LogP contribution >= 0.6 is 22.9 Å². The van der Waals surface area contributed by atoms with Crippen molar-refractivity contribution < 1.29 is 9.18 Å². The molecule has 2 N–H and O–H groups in total. The molecule has 0 spiro atoms. The highest BCUT2D eigenvalue weighted by molar-refractivity contribution is 7.19. The summed E-state index contributed by atoms with van der Waals surface area (Å²) >= 11 is 7.42. The summed E-state index contributed by atoms with van der Waals surface area (Å²) in [6.07, 6.45) is 0. The van der Waals surface area contributed by atoms with Crippen LogP contribution in [0.25, 0.3) is 10.1 Å². The molecule has 0 saturated carbocycles. The van der Waals surface area contributed by atoms with Gasteiger partial charge < -0.3 is 10.6 Å². The van der Waals surface area contributed by atoms with E-state index >= 15 is 0 Å². The van der Waals surface area contributed by atoms with Gasteiger partial charge in [0.15, 0.2) is 0 Å². The lowest BCUT2D eigenvalue weighted by atomic mass is 10.2. The zero-order chi connectivity index (χ0) is 17.1. The van der Waals surface area contributed by atoms with Crippen molar-refractivity contribution in [2.75, 3.05) is 5.32 Å². The van der Waals surface area contributed by atoms with E-state index in [1.54, 1.807) is 18.2 Å². The number of urea groups is 1. The van der Waals surface area contributed by atoms with E-state index in [2.05, 4.69) is 10.6 Å². The van der Waals surface area contributed by atoms with Gasteiger partial charge in [0.2, 0.25) is 0 Å². The Kier molecular flexibility index (Phi) is 4.65. The number of nitrogens with one attached hydrogen (secondary N) is 2. The highest BCUT2D eigenvalue weighted by atomic mass is 35.5. The minimum Gasteiger partial charge on any atom is -0.333 e. The van der Waals surface area contributed by atoms with Crippen LogP contribution in [0.2, 0.25) is 5.02 Å². The molecule has 2 aromatic carbocycles. The van der Waals surface area contributed by atoms with Crippen LogP contribution in [0, 0.1) is 17.1 Å². The molecule has 0 aliphatic rings. The van der Waals surface area contributed by atoms with Gasteiger partial charge in [0, 0.05) is 15.3 Å². The summed E-state index contributed by atoms with van der Waals surface area (Å²) in [5, 5.41) is 15.3. The van der Waals surface area contributed by atoms with Crippen LogP contribution in [0.5, 0.6) is 0 Å². The van der Waals surface area contributed by atoms with Crippen LogP contribution in [0.4, 0.5) is 14.9 Å². The van der Waals surface area contributed by atoms with E-state index in [1.165, 1.54) is 29.5 Å². The summed E-state index contributed by atoms with van der Waals surface area (Å²) < 4.78 is 14.1. The van der Waals surface area contributed by atoms with Gasteiger partial charge in [-0.1, -0.05) is 11.6 Å². The van der Waals surface area contributed by atoms with Crippen molar-refractivity contribution in [3.8, 4) is 6.07 Å². The van der Waals surface area contributed by atoms with Crippen molar-refractivity contribution in [2.45, 2.75) is 6.54 Å². The molecule has 0 bridgehead atoms. The first-order valence-corrected chi connectivity index (χ1v) is 8.17. The number of rotatable bonds is 3. The smallest absolute Gasteiger partial charge is 0.319 e. The molecule has 0 fully saturated rings. The SMILES string of the molecule is N#Cc1ccc(NC(=O)NCc2cc3cc(F)ccc3s2)cc1Cl. The molecule has 0 radical (unpaired) electrons. The van der Waals surface area contributed by atoms with Crippen molar-refractivity contribution in [2.24, 2.45) is 0 Å². The van der Waals surface area contributed by atoms with Gasteiger partial charge >= 0.3 is 6.03 Å². The molecule has 2 amide bonds. The third-order valence-corrected chi connectivity index (χ3v) is 4.73. The molecule has 120 valence electrons. The lowest BCUT2D eigenvalue weighted by Crippen LogP contribution is -2.27.